The summed E-state index contributed by atoms with van der Waals surface area (Å²) in [5, 5.41) is 4.95. The fraction of sp³-hybridized carbons (Fsp3) is 0.308. The van der Waals surface area contributed by atoms with Crippen LogP contribution in [0.1, 0.15) is 31.7 Å². The Morgan fingerprint density at radius 3 is 2.44 bits per heavy atom. The number of nitrogens with one attached hydrogen (secondary N) is 1. The molecule has 1 aliphatic heterocycles. The molecule has 2 amide bonds. The molecule has 1 atom stereocenters. The Labute approximate surface area is 221 Å². The van der Waals surface area contributed by atoms with Gasteiger partial charge in [-0.05, 0) is 48.1 Å². The van der Waals surface area contributed by atoms with Gasteiger partial charge >= 0.3 is 0 Å². The molecule has 0 aromatic heterocycles. The second-order valence-electron chi connectivity index (χ2n) is 8.62. The van der Waals surface area contributed by atoms with E-state index in [2.05, 4.69) is 5.32 Å². The van der Waals surface area contributed by atoms with E-state index in [4.69, 9.17) is 23.2 Å². The molecule has 1 aliphatic rings. The van der Waals surface area contributed by atoms with Crippen molar-refractivity contribution in [2.45, 2.75) is 43.7 Å². The maximum atomic E-state index is 13.4. The van der Waals surface area contributed by atoms with Crippen molar-refractivity contribution >= 4 is 61.5 Å². The van der Waals surface area contributed by atoms with Crippen molar-refractivity contribution in [2.75, 3.05) is 17.9 Å². The van der Waals surface area contributed by atoms with Crippen LogP contribution in [0.3, 0.4) is 0 Å². The first-order valence-electron chi connectivity index (χ1n) is 11.7. The minimum atomic E-state index is -3.70. The van der Waals surface area contributed by atoms with E-state index in [9.17, 15) is 18.0 Å². The number of rotatable bonds is 9. The monoisotopic (exact) mass is 547 g/mol. The second-order valence-corrected chi connectivity index (χ2v) is 11.3. The summed E-state index contributed by atoms with van der Waals surface area (Å²) in [6, 6.07) is 15.1. The largest absolute Gasteiger partial charge is 0.357 e. The average molecular weight is 548 g/mol. The minimum Gasteiger partial charge on any atom is -0.357 e. The van der Waals surface area contributed by atoms with E-state index in [0.717, 1.165) is 10.9 Å². The topological polar surface area (TPSA) is 86.8 Å². The number of hydrogen-bond donors (Lipinski definition) is 1. The van der Waals surface area contributed by atoms with Crippen LogP contribution in [0, 0.1) is 0 Å². The predicted molar refractivity (Wildman–Crippen MR) is 143 cm³/mol. The first kappa shape index (κ1) is 26.3. The lowest BCUT2D eigenvalue weighted by molar-refractivity contribution is -0.141. The Hall–Kier alpha value is -2.81. The first-order valence-corrected chi connectivity index (χ1v) is 13.9. The molecule has 0 unspecified atom stereocenters. The molecule has 36 heavy (non-hydrogen) atoms. The van der Waals surface area contributed by atoms with Gasteiger partial charge < -0.3 is 10.2 Å². The highest BCUT2D eigenvalue weighted by atomic mass is 35.5. The van der Waals surface area contributed by atoms with Crippen molar-refractivity contribution in [1.29, 1.82) is 0 Å². The van der Waals surface area contributed by atoms with Crippen molar-refractivity contribution < 1.29 is 18.0 Å². The van der Waals surface area contributed by atoms with Gasteiger partial charge in [0.15, 0.2) is 0 Å². The van der Waals surface area contributed by atoms with Gasteiger partial charge in [-0.25, -0.2) is 8.42 Å². The Kier molecular flexibility index (Phi) is 7.78. The maximum absolute atomic E-state index is 13.4. The molecule has 0 bridgehead atoms. The van der Waals surface area contributed by atoms with Crippen LogP contribution in [0.4, 0.5) is 5.69 Å². The van der Waals surface area contributed by atoms with Gasteiger partial charge in [0.25, 0.3) is 10.0 Å². The average Bonchev–Trinajstić information content (AvgIpc) is 3.08. The van der Waals surface area contributed by atoms with Crippen LogP contribution in [-0.2, 0) is 26.2 Å². The zero-order chi connectivity index (χ0) is 26.0. The Morgan fingerprint density at radius 1 is 1.06 bits per heavy atom. The van der Waals surface area contributed by atoms with Gasteiger partial charge in [0.1, 0.15) is 6.04 Å². The number of hydrogen-bond acceptors (Lipinski definition) is 4. The summed E-state index contributed by atoms with van der Waals surface area (Å²) in [5.41, 5.74) is 1.37. The van der Waals surface area contributed by atoms with Gasteiger partial charge in [0.2, 0.25) is 11.8 Å². The molecule has 0 aliphatic carbocycles. The van der Waals surface area contributed by atoms with Gasteiger partial charge in [-0.3, -0.25) is 13.9 Å². The Morgan fingerprint density at radius 2 is 1.78 bits per heavy atom. The highest BCUT2D eigenvalue weighted by molar-refractivity contribution is 7.93. The number of carbonyl (C=O) groups is 2. The summed E-state index contributed by atoms with van der Waals surface area (Å²) >= 11 is 12.2. The molecule has 10 heteroatoms. The van der Waals surface area contributed by atoms with Crippen LogP contribution in [0.5, 0.6) is 0 Å². The molecule has 3 aromatic carbocycles. The molecule has 190 valence electrons. The number of benzene rings is 3. The summed E-state index contributed by atoms with van der Waals surface area (Å²) in [7, 11) is -2.16. The van der Waals surface area contributed by atoms with E-state index in [0.29, 0.717) is 34.0 Å². The summed E-state index contributed by atoms with van der Waals surface area (Å²) in [6.45, 7) is 2.16. The van der Waals surface area contributed by atoms with Crippen LogP contribution in [0.15, 0.2) is 59.5 Å². The van der Waals surface area contributed by atoms with Crippen LogP contribution in [0.2, 0.25) is 10.0 Å². The van der Waals surface area contributed by atoms with E-state index < -0.39 is 16.1 Å². The normalized spacial score (nSPS) is 14.6. The summed E-state index contributed by atoms with van der Waals surface area (Å²) in [4.78, 5) is 27.7. The first-order chi connectivity index (χ1) is 17.2. The third-order valence-corrected chi connectivity index (χ3v) is 9.00. The number of sulfonamides is 1. The molecule has 0 fully saturated rings. The fourth-order valence-electron chi connectivity index (χ4n) is 4.64. The van der Waals surface area contributed by atoms with E-state index in [1.807, 2.05) is 25.1 Å². The molecule has 0 saturated heterocycles. The van der Waals surface area contributed by atoms with E-state index in [1.165, 1.54) is 16.3 Å². The molecule has 4 rings (SSSR count). The lowest BCUT2D eigenvalue weighted by Gasteiger charge is -2.30. The SMILES string of the molecule is CC[C@H](C(=O)NC)N(Cc1ccc(Cl)c(Cl)c1)C(=O)CCCN1c2cccc3cccc(c23)S1(=O)=O. The van der Waals surface area contributed by atoms with Crippen molar-refractivity contribution in [3.8, 4) is 0 Å². The van der Waals surface area contributed by atoms with Crippen molar-refractivity contribution in [3.05, 3.63) is 70.2 Å². The third-order valence-electron chi connectivity index (χ3n) is 6.40. The van der Waals surface area contributed by atoms with Gasteiger partial charge in [-0.1, -0.05) is 60.5 Å². The summed E-state index contributed by atoms with van der Waals surface area (Å²) in [5.74, 6) is -0.515. The molecule has 0 radical (unpaired) electrons. The van der Waals surface area contributed by atoms with Crippen molar-refractivity contribution in [1.82, 2.24) is 10.2 Å². The Balaban J connectivity index is 1.52. The van der Waals surface area contributed by atoms with Crippen LogP contribution in [-0.4, -0.2) is 44.8 Å². The molecule has 0 saturated carbocycles. The fourth-order valence-corrected chi connectivity index (χ4v) is 6.71. The number of anilines is 1. The third kappa shape index (κ3) is 4.90. The summed E-state index contributed by atoms with van der Waals surface area (Å²) in [6.07, 6.45) is 0.794. The predicted octanol–water partition coefficient (Wildman–Crippen LogP) is 4.99. The van der Waals surface area contributed by atoms with Crippen molar-refractivity contribution in [3.63, 3.8) is 0 Å². The van der Waals surface area contributed by atoms with E-state index in [-0.39, 0.29) is 36.2 Å². The number of amides is 2. The van der Waals surface area contributed by atoms with Gasteiger partial charge in [-0.2, -0.15) is 0 Å². The quantitative estimate of drug-likeness (QED) is 0.408. The molecule has 1 heterocycles. The van der Waals surface area contributed by atoms with Gasteiger partial charge in [0.05, 0.1) is 20.6 Å². The standard InChI is InChI=1S/C26H27Cl2N3O4S/c1-3-21(26(33)29-2)30(16-17-12-13-19(27)20(28)15-17)24(32)11-6-14-31-22-9-4-7-18-8-5-10-23(25(18)22)36(31,34)35/h4-5,7-10,12-13,15,21H,3,6,11,14,16H2,1-2H3,(H,29,33)/t21-/m1/s1. The Bertz CT molecular complexity index is 1420. The summed E-state index contributed by atoms with van der Waals surface area (Å²) < 4.78 is 27.8. The molecular formula is C26H27Cl2N3O4S. The lowest BCUT2D eigenvalue weighted by Crippen LogP contribution is -2.48. The molecule has 1 N–H and O–H groups in total. The molecule has 7 nitrogen and oxygen atoms in total. The van der Waals surface area contributed by atoms with Crippen LogP contribution < -0.4 is 9.62 Å². The maximum Gasteiger partial charge on any atom is 0.265 e. The van der Waals surface area contributed by atoms with Crippen LogP contribution >= 0.6 is 23.2 Å². The zero-order valence-electron chi connectivity index (χ0n) is 20.0. The molecule has 0 spiro atoms. The number of carbonyl (C=O) groups excluding carboxylic acids is 2. The van der Waals surface area contributed by atoms with Gasteiger partial charge in [-0.15, -0.1) is 0 Å². The van der Waals surface area contributed by atoms with E-state index >= 15 is 0 Å². The van der Waals surface area contributed by atoms with E-state index in [1.54, 1.807) is 36.4 Å². The highest BCUT2D eigenvalue weighted by Crippen LogP contribution is 2.42. The minimum absolute atomic E-state index is 0.0765. The number of nitrogens with zero attached hydrogens (tertiary/aromatic N) is 2. The van der Waals surface area contributed by atoms with Gasteiger partial charge in [0, 0.05) is 31.9 Å². The zero-order valence-corrected chi connectivity index (χ0v) is 22.3. The lowest BCUT2D eigenvalue weighted by atomic mass is 10.1. The smallest absolute Gasteiger partial charge is 0.265 e. The highest BCUT2D eigenvalue weighted by Gasteiger charge is 2.35. The van der Waals surface area contributed by atoms with Crippen molar-refractivity contribution in [2.24, 2.45) is 0 Å². The van der Waals surface area contributed by atoms with Crippen LogP contribution in [0.25, 0.3) is 10.8 Å². The number of halogens is 2. The second kappa shape index (κ2) is 10.7. The number of likely N-dealkylation sites (N-methyl/N-ethyl adjacent to an activating group) is 1. The molecular weight excluding hydrogens is 521 g/mol. The molecule has 3 aromatic rings.